The zero-order valence-corrected chi connectivity index (χ0v) is 14.8. The number of rotatable bonds is 5. The Morgan fingerprint density at radius 3 is 3.08 bits per heavy atom. The van der Waals surface area contributed by atoms with Gasteiger partial charge >= 0.3 is 0 Å². The summed E-state index contributed by atoms with van der Waals surface area (Å²) in [5, 5.41) is 4.66. The highest BCUT2D eigenvalue weighted by molar-refractivity contribution is 5.90. The molecule has 130 valence electrons. The Morgan fingerprint density at radius 1 is 1.32 bits per heavy atom. The van der Waals surface area contributed by atoms with Gasteiger partial charge in [0.15, 0.2) is 0 Å². The van der Waals surface area contributed by atoms with Crippen molar-refractivity contribution in [2.75, 3.05) is 29.9 Å². The van der Waals surface area contributed by atoms with E-state index in [-0.39, 0.29) is 0 Å². The van der Waals surface area contributed by atoms with Crippen LogP contribution < -0.4 is 10.2 Å². The quantitative estimate of drug-likeness (QED) is 0.749. The molecule has 1 fully saturated rings. The number of aromatic nitrogens is 4. The van der Waals surface area contributed by atoms with Gasteiger partial charge in [-0.2, -0.15) is 0 Å². The maximum atomic E-state index is 4.60. The molecule has 1 atom stereocenters. The molecule has 0 bridgehead atoms. The summed E-state index contributed by atoms with van der Waals surface area (Å²) in [5.41, 5.74) is 3.46. The van der Waals surface area contributed by atoms with Crippen molar-refractivity contribution in [3.8, 4) is 0 Å². The summed E-state index contributed by atoms with van der Waals surface area (Å²) in [6.07, 6.45) is 7.72. The number of hydrogen-bond donors (Lipinski definition) is 2. The summed E-state index contributed by atoms with van der Waals surface area (Å²) in [6, 6.07) is 4.11. The standard InChI is InChI=1S/C19H24N6/c1-3-15-10-22-18-17(15)19(24-12-23-18)25-7-5-14(11-25)9-21-16-8-13(2)4-6-20-16/h4,6,8,10,12,14H,3,5,7,9,11H2,1-2H3,(H,20,21)(H,22,23,24)/t14-/m1/s1. The van der Waals surface area contributed by atoms with Crippen molar-refractivity contribution in [3.63, 3.8) is 0 Å². The van der Waals surface area contributed by atoms with E-state index in [0.29, 0.717) is 5.92 Å². The van der Waals surface area contributed by atoms with Crippen LogP contribution in [-0.4, -0.2) is 39.6 Å². The van der Waals surface area contributed by atoms with E-state index in [1.165, 1.54) is 16.5 Å². The molecule has 0 amide bonds. The number of hydrogen-bond acceptors (Lipinski definition) is 5. The lowest BCUT2D eigenvalue weighted by atomic mass is 10.1. The van der Waals surface area contributed by atoms with Crippen LogP contribution >= 0.6 is 0 Å². The van der Waals surface area contributed by atoms with Gasteiger partial charge in [0.05, 0.1) is 5.39 Å². The molecule has 3 aromatic heterocycles. The van der Waals surface area contributed by atoms with Crippen molar-refractivity contribution in [2.45, 2.75) is 26.7 Å². The van der Waals surface area contributed by atoms with Gasteiger partial charge in [-0.15, -0.1) is 0 Å². The smallest absolute Gasteiger partial charge is 0.143 e. The number of nitrogens with zero attached hydrogens (tertiary/aromatic N) is 4. The third-order valence-electron chi connectivity index (χ3n) is 4.99. The molecule has 1 saturated heterocycles. The summed E-state index contributed by atoms with van der Waals surface area (Å²) in [7, 11) is 0. The van der Waals surface area contributed by atoms with Crippen LogP contribution in [0.2, 0.25) is 0 Å². The van der Waals surface area contributed by atoms with Crippen molar-refractivity contribution < 1.29 is 0 Å². The van der Waals surface area contributed by atoms with Crippen molar-refractivity contribution in [2.24, 2.45) is 5.92 Å². The summed E-state index contributed by atoms with van der Waals surface area (Å²) >= 11 is 0. The Bertz CT molecular complexity index is 871. The van der Waals surface area contributed by atoms with E-state index in [0.717, 1.165) is 49.8 Å². The molecule has 6 heteroatoms. The van der Waals surface area contributed by atoms with Crippen molar-refractivity contribution in [1.29, 1.82) is 0 Å². The van der Waals surface area contributed by atoms with Gasteiger partial charge in [0, 0.05) is 32.0 Å². The third kappa shape index (κ3) is 3.16. The lowest BCUT2D eigenvalue weighted by Gasteiger charge is -2.19. The molecule has 0 aliphatic carbocycles. The maximum absolute atomic E-state index is 4.60. The van der Waals surface area contributed by atoms with Crippen LogP contribution in [0.1, 0.15) is 24.5 Å². The fraction of sp³-hybridized carbons (Fsp3) is 0.421. The minimum atomic E-state index is 0.594. The SMILES string of the molecule is CCc1c[nH]c2ncnc(N3CC[C@H](CNc4cc(C)ccn4)C3)c12. The van der Waals surface area contributed by atoms with E-state index in [1.807, 2.05) is 12.3 Å². The number of aromatic amines is 1. The van der Waals surface area contributed by atoms with Gasteiger partial charge in [0.1, 0.15) is 23.6 Å². The van der Waals surface area contributed by atoms with Gasteiger partial charge in [-0.25, -0.2) is 15.0 Å². The van der Waals surface area contributed by atoms with E-state index in [1.54, 1.807) is 6.33 Å². The molecule has 0 spiro atoms. The largest absolute Gasteiger partial charge is 0.370 e. The van der Waals surface area contributed by atoms with Gasteiger partial charge in [-0.05, 0) is 48.9 Å². The molecule has 4 rings (SSSR count). The van der Waals surface area contributed by atoms with Gasteiger partial charge < -0.3 is 15.2 Å². The Hall–Kier alpha value is -2.63. The Morgan fingerprint density at radius 2 is 2.24 bits per heavy atom. The van der Waals surface area contributed by atoms with Crippen LogP contribution in [0.25, 0.3) is 11.0 Å². The van der Waals surface area contributed by atoms with Crippen LogP contribution in [0.15, 0.2) is 30.9 Å². The summed E-state index contributed by atoms with van der Waals surface area (Å²) < 4.78 is 0. The van der Waals surface area contributed by atoms with Crippen LogP contribution in [0, 0.1) is 12.8 Å². The number of anilines is 2. The first-order valence-electron chi connectivity index (χ1n) is 8.97. The zero-order chi connectivity index (χ0) is 17.2. The number of pyridine rings is 1. The molecule has 25 heavy (non-hydrogen) atoms. The van der Waals surface area contributed by atoms with Crippen molar-refractivity contribution in [1.82, 2.24) is 19.9 Å². The molecule has 1 aliphatic rings. The first-order valence-corrected chi connectivity index (χ1v) is 8.97. The van der Waals surface area contributed by atoms with Crippen molar-refractivity contribution in [3.05, 3.63) is 42.0 Å². The van der Waals surface area contributed by atoms with E-state index in [4.69, 9.17) is 0 Å². The summed E-state index contributed by atoms with van der Waals surface area (Å²) in [4.78, 5) is 19.0. The first-order chi connectivity index (χ1) is 12.2. The van der Waals surface area contributed by atoms with E-state index in [9.17, 15) is 0 Å². The molecular formula is C19H24N6. The fourth-order valence-corrected chi connectivity index (χ4v) is 3.60. The fourth-order valence-electron chi connectivity index (χ4n) is 3.60. The number of nitrogens with one attached hydrogen (secondary N) is 2. The Kier molecular flexibility index (Phi) is 4.26. The van der Waals surface area contributed by atoms with Gasteiger partial charge in [-0.3, -0.25) is 0 Å². The molecule has 1 aliphatic heterocycles. The van der Waals surface area contributed by atoms with Gasteiger partial charge in [-0.1, -0.05) is 6.92 Å². The molecule has 2 N–H and O–H groups in total. The second-order valence-corrected chi connectivity index (χ2v) is 6.79. The number of fused-ring (bicyclic) bond motifs is 1. The van der Waals surface area contributed by atoms with Crippen LogP contribution in [0.5, 0.6) is 0 Å². The van der Waals surface area contributed by atoms with Crippen molar-refractivity contribution >= 4 is 22.7 Å². The first kappa shape index (κ1) is 15.9. The van der Waals surface area contributed by atoms with Gasteiger partial charge in [0.25, 0.3) is 0 Å². The Labute approximate surface area is 147 Å². The van der Waals surface area contributed by atoms with Crippen LogP contribution in [0.4, 0.5) is 11.6 Å². The molecule has 6 nitrogen and oxygen atoms in total. The molecule has 0 aromatic carbocycles. The third-order valence-corrected chi connectivity index (χ3v) is 4.99. The topological polar surface area (TPSA) is 69.7 Å². The molecule has 0 unspecified atom stereocenters. The highest BCUT2D eigenvalue weighted by Crippen LogP contribution is 2.30. The zero-order valence-electron chi connectivity index (χ0n) is 14.8. The molecule has 3 aromatic rings. The predicted molar refractivity (Wildman–Crippen MR) is 101 cm³/mol. The lowest BCUT2D eigenvalue weighted by molar-refractivity contribution is 0.621. The second kappa shape index (κ2) is 6.70. The number of aryl methyl sites for hydroxylation is 2. The van der Waals surface area contributed by atoms with E-state index >= 15 is 0 Å². The molecule has 4 heterocycles. The molecular weight excluding hydrogens is 312 g/mol. The normalized spacial score (nSPS) is 17.4. The molecule has 0 saturated carbocycles. The van der Waals surface area contributed by atoms with E-state index in [2.05, 4.69) is 56.3 Å². The Balaban J connectivity index is 1.47. The number of H-pyrrole nitrogens is 1. The van der Waals surface area contributed by atoms with Crippen LogP contribution in [0.3, 0.4) is 0 Å². The summed E-state index contributed by atoms with van der Waals surface area (Å²) in [5.74, 6) is 2.62. The van der Waals surface area contributed by atoms with Gasteiger partial charge in [0.2, 0.25) is 0 Å². The molecule has 0 radical (unpaired) electrons. The average molecular weight is 336 g/mol. The second-order valence-electron chi connectivity index (χ2n) is 6.79. The lowest BCUT2D eigenvalue weighted by Crippen LogP contribution is -2.23. The highest BCUT2D eigenvalue weighted by Gasteiger charge is 2.25. The minimum absolute atomic E-state index is 0.594. The predicted octanol–water partition coefficient (Wildman–Crippen LogP) is 3.16. The van der Waals surface area contributed by atoms with Crippen LogP contribution in [-0.2, 0) is 6.42 Å². The minimum Gasteiger partial charge on any atom is -0.370 e. The maximum Gasteiger partial charge on any atom is 0.143 e. The summed E-state index contributed by atoms with van der Waals surface area (Å²) in [6.45, 7) is 7.25. The average Bonchev–Trinajstić information content (AvgIpc) is 3.26. The highest BCUT2D eigenvalue weighted by atomic mass is 15.2. The monoisotopic (exact) mass is 336 g/mol. The van der Waals surface area contributed by atoms with E-state index < -0.39 is 0 Å².